The number of aliphatic imine (C=N–C) groups is 1. The second-order valence-electron chi connectivity index (χ2n) is 4.58. The largest absolute Gasteiger partial charge is 0.507 e. The molecule has 0 unspecified atom stereocenters. The van der Waals surface area contributed by atoms with Gasteiger partial charge in [0, 0.05) is 11.8 Å². The summed E-state index contributed by atoms with van der Waals surface area (Å²) in [5.41, 5.74) is 1.59. The number of aromatic hydroxyl groups is 1. The molecule has 2 aromatic rings. The second-order valence-corrected chi connectivity index (χ2v) is 4.58. The minimum atomic E-state index is 0.164. The lowest BCUT2D eigenvalue weighted by Crippen LogP contribution is -1.92. The summed E-state index contributed by atoms with van der Waals surface area (Å²) >= 11 is 0. The summed E-state index contributed by atoms with van der Waals surface area (Å²) in [6.45, 7) is 0.469. The molecule has 0 aliphatic carbocycles. The van der Waals surface area contributed by atoms with Crippen molar-refractivity contribution in [1.29, 1.82) is 0 Å². The van der Waals surface area contributed by atoms with Crippen LogP contribution in [0.3, 0.4) is 0 Å². The Kier molecular flexibility index (Phi) is 5.25. The van der Waals surface area contributed by atoms with Gasteiger partial charge in [-0.25, -0.2) is 0 Å². The highest BCUT2D eigenvalue weighted by Gasteiger charge is 2.04. The van der Waals surface area contributed by atoms with Crippen molar-refractivity contribution in [2.45, 2.75) is 6.54 Å². The SMILES string of the molecule is COc1ccc(O)c(C=NCc2ccc(OC)c(OC)c2)c1. The van der Waals surface area contributed by atoms with Crippen LogP contribution < -0.4 is 14.2 Å². The van der Waals surface area contributed by atoms with Crippen molar-refractivity contribution < 1.29 is 19.3 Å². The van der Waals surface area contributed by atoms with Crippen LogP contribution >= 0.6 is 0 Å². The van der Waals surface area contributed by atoms with Crippen LogP contribution in [0, 0.1) is 0 Å². The summed E-state index contributed by atoms with van der Waals surface area (Å²) in [6, 6.07) is 10.6. The molecule has 5 nitrogen and oxygen atoms in total. The van der Waals surface area contributed by atoms with Crippen molar-refractivity contribution in [1.82, 2.24) is 0 Å². The molecular formula is C17H19NO4. The summed E-state index contributed by atoms with van der Waals surface area (Å²) < 4.78 is 15.6. The number of benzene rings is 2. The lowest BCUT2D eigenvalue weighted by atomic mass is 10.2. The zero-order chi connectivity index (χ0) is 15.9. The van der Waals surface area contributed by atoms with Crippen LogP contribution in [-0.2, 0) is 6.54 Å². The molecule has 0 fully saturated rings. The first-order valence-electron chi connectivity index (χ1n) is 6.75. The highest BCUT2D eigenvalue weighted by molar-refractivity contribution is 5.84. The molecule has 0 amide bonds. The molecule has 22 heavy (non-hydrogen) atoms. The van der Waals surface area contributed by atoms with E-state index in [1.165, 1.54) is 0 Å². The summed E-state index contributed by atoms with van der Waals surface area (Å²) in [5.74, 6) is 2.18. The maximum absolute atomic E-state index is 9.79. The van der Waals surface area contributed by atoms with Crippen molar-refractivity contribution in [2.24, 2.45) is 4.99 Å². The minimum Gasteiger partial charge on any atom is -0.507 e. The number of phenolic OH excluding ortho intramolecular Hbond substituents is 1. The Morgan fingerprint density at radius 3 is 2.41 bits per heavy atom. The first-order chi connectivity index (χ1) is 10.7. The first-order valence-corrected chi connectivity index (χ1v) is 6.75. The van der Waals surface area contributed by atoms with Gasteiger partial charge >= 0.3 is 0 Å². The van der Waals surface area contributed by atoms with Crippen LogP contribution in [0.4, 0.5) is 0 Å². The molecule has 0 atom stereocenters. The maximum Gasteiger partial charge on any atom is 0.161 e. The van der Waals surface area contributed by atoms with Crippen molar-refractivity contribution in [3.63, 3.8) is 0 Å². The number of methoxy groups -OCH3 is 3. The Hall–Kier alpha value is -2.69. The fraction of sp³-hybridized carbons (Fsp3) is 0.235. The van der Waals surface area contributed by atoms with Crippen molar-refractivity contribution in [3.05, 3.63) is 47.5 Å². The van der Waals surface area contributed by atoms with Gasteiger partial charge in [-0.1, -0.05) is 6.07 Å². The number of rotatable bonds is 6. The Morgan fingerprint density at radius 2 is 1.73 bits per heavy atom. The normalized spacial score (nSPS) is 10.7. The van der Waals surface area contributed by atoms with Gasteiger partial charge in [-0.05, 0) is 35.9 Å². The van der Waals surface area contributed by atoms with Gasteiger partial charge in [0.05, 0.1) is 27.9 Å². The monoisotopic (exact) mass is 301 g/mol. The summed E-state index contributed by atoms with van der Waals surface area (Å²) in [5, 5.41) is 9.79. The summed E-state index contributed by atoms with van der Waals surface area (Å²) in [7, 11) is 4.78. The zero-order valence-electron chi connectivity index (χ0n) is 12.9. The van der Waals surface area contributed by atoms with Crippen LogP contribution in [-0.4, -0.2) is 32.7 Å². The number of hydrogen-bond donors (Lipinski definition) is 1. The highest BCUT2D eigenvalue weighted by Crippen LogP contribution is 2.28. The molecule has 2 aromatic carbocycles. The van der Waals surface area contributed by atoms with Gasteiger partial charge in [-0.15, -0.1) is 0 Å². The predicted molar refractivity (Wildman–Crippen MR) is 85.5 cm³/mol. The quantitative estimate of drug-likeness (QED) is 0.833. The average molecular weight is 301 g/mol. The molecule has 0 radical (unpaired) electrons. The molecule has 0 saturated carbocycles. The Labute approximate surface area is 129 Å². The smallest absolute Gasteiger partial charge is 0.161 e. The highest BCUT2D eigenvalue weighted by atomic mass is 16.5. The lowest BCUT2D eigenvalue weighted by Gasteiger charge is -2.08. The molecule has 0 spiro atoms. The first kappa shape index (κ1) is 15.7. The molecule has 1 N–H and O–H groups in total. The lowest BCUT2D eigenvalue weighted by molar-refractivity contribution is 0.354. The van der Waals surface area contributed by atoms with E-state index in [0.717, 1.165) is 5.56 Å². The molecule has 0 aliphatic heterocycles. The molecule has 0 aromatic heterocycles. The van der Waals surface area contributed by atoms with Gasteiger partial charge in [0.1, 0.15) is 11.5 Å². The Bertz CT molecular complexity index is 668. The fourth-order valence-corrected chi connectivity index (χ4v) is 1.99. The van der Waals surface area contributed by atoms with Crippen LogP contribution in [0.1, 0.15) is 11.1 Å². The van der Waals surface area contributed by atoms with Crippen LogP contribution in [0.2, 0.25) is 0 Å². The van der Waals surface area contributed by atoms with E-state index >= 15 is 0 Å². The topological polar surface area (TPSA) is 60.3 Å². The Morgan fingerprint density at radius 1 is 0.955 bits per heavy atom. The third kappa shape index (κ3) is 3.69. The van der Waals surface area contributed by atoms with E-state index < -0.39 is 0 Å². The van der Waals surface area contributed by atoms with Gasteiger partial charge in [0.25, 0.3) is 0 Å². The van der Waals surface area contributed by atoms with E-state index in [1.54, 1.807) is 45.7 Å². The van der Waals surface area contributed by atoms with Gasteiger partial charge < -0.3 is 19.3 Å². The number of ether oxygens (including phenoxy) is 3. The second kappa shape index (κ2) is 7.36. The van der Waals surface area contributed by atoms with Gasteiger partial charge in [0.2, 0.25) is 0 Å². The molecule has 5 heteroatoms. The molecule has 0 bridgehead atoms. The van der Waals surface area contributed by atoms with Crippen molar-refractivity contribution >= 4 is 6.21 Å². The van der Waals surface area contributed by atoms with E-state index in [4.69, 9.17) is 14.2 Å². The van der Waals surface area contributed by atoms with Gasteiger partial charge in [-0.2, -0.15) is 0 Å². The van der Waals surface area contributed by atoms with E-state index in [1.807, 2.05) is 18.2 Å². The van der Waals surface area contributed by atoms with Crippen LogP contribution in [0.25, 0.3) is 0 Å². The third-order valence-corrected chi connectivity index (χ3v) is 3.19. The molecule has 0 heterocycles. The van der Waals surface area contributed by atoms with E-state index in [0.29, 0.717) is 29.4 Å². The number of hydrogen-bond acceptors (Lipinski definition) is 5. The van der Waals surface area contributed by atoms with Crippen molar-refractivity contribution in [3.8, 4) is 23.0 Å². The number of nitrogens with zero attached hydrogens (tertiary/aromatic N) is 1. The van der Waals surface area contributed by atoms with Crippen molar-refractivity contribution in [2.75, 3.05) is 21.3 Å². The predicted octanol–water partition coefficient (Wildman–Crippen LogP) is 3.04. The molecule has 0 saturated heterocycles. The molecule has 2 rings (SSSR count). The van der Waals surface area contributed by atoms with E-state index in [9.17, 15) is 5.11 Å². The van der Waals surface area contributed by atoms with E-state index in [2.05, 4.69) is 4.99 Å². The van der Waals surface area contributed by atoms with Gasteiger partial charge in [-0.3, -0.25) is 4.99 Å². The standard InChI is InChI=1S/C17H19NO4/c1-20-14-5-6-15(19)13(9-14)11-18-10-12-4-7-16(21-2)17(8-12)22-3/h4-9,11,19H,10H2,1-3H3. The summed E-state index contributed by atoms with van der Waals surface area (Å²) in [6.07, 6.45) is 1.62. The summed E-state index contributed by atoms with van der Waals surface area (Å²) in [4.78, 5) is 4.34. The average Bonchev–Trinajstić information content (AvgIpc) is 2.56. The van der Waals surface area contributed by atoms with E-state index in [-0.39, 0.29) is 5.75 Å². The zero-order valence-corrected chi connectivity index (χ0v) is 12.9. The maximum atomic E-state index is 9.79. The third-order valence-electron chi connectivity index (χ3n) is 3.19. The van der Waals surface area contributed by atoms with Crippen LogP contribution in [0.15, 0.2) is 41.4 Å². The fourth-order valence-electron chi connectivity index (χ4n) is 1.99. The molecular weight excluding hydrogens is 282 g/mol. The number of phenols is 1. The molecule has 0 aliphatic rings. The Balaban J connectivity index is 2.12. The van der Waals surface area contributed by atoms with Crippen LogP contribution in [0.5, 0.6) is 23.0 Å². The molecule has 116 valence electrons. The minimum absolute atomic E-state index is 0.164. The van der Waals surface area contributed by atoms with Gasteiger partial charge in [0.15, 0.2) is 11.5 Å².